The number of hydrogen-bond donors (Lipinski definition) is 1. The monoisotopic (exact) mass is 337 g/mol. The predicted molar refractivity (Wildman–Crippen MR) is 103 cm³/mol. The van der Waals surface area contributed by atoms with E-state index in [1.165, 1.54) is 11.1 Å². The molecule has 3 heteroatoms. The Hall–Kier alpha value is -2.13. The summed E-state index contributed by atoms with van der Waals surface area (Å²) < 4.78 is 2.40. The second-order valence-electron chi connectivity index (χ2n) is 7.88. The molecule has 1 N–H and O–H groups in total. The second kappa shape index (κ2) is 7.40. The number of benzene rings is 2. The molecule has 0 fully saturated rings. The summed E-state index contributed by atoms with van der Waals surface area (Å²) in [6.45, 7) is 8.65. The summed E-state index contributed by atoms with van der Waals surface area (Å²) in [5.74, 6) is 0. The molecule has 132 valence electrons. The Labute approximate surface area is 151 Å². The van der Waals surface area contributed by atoms with Crippen molar-refractivity contribution < 1.29 is 9.68 Å². The van der Waals surface area contributed by atoms with Crippen LogP contribution in [0.2, 0.25) is 0 Å². The molecule has 0 saturated heterocycles. The van der Waals surface area contributed by atoms with Crippen molar-refractivity contribution in [2.45, 2.75) is 32.9 Å². The molecular formula is C22H29N2O+. The van der Waals surface area contributed by atoms with E-state index in [9.17, 15) is 5.11 Å². The minimum Gasteiger partial charge on any atom is -0.392 e. The van der Waals surface area contributed by atoms with E-state index in [1.54, 1.807) is 0 Å². The standard InChI is InChI=1S/C22H29N2O/c1-22(2,3)20(16-25)23-14-15-24(17-23)21(18-10-6-4-7-11-18)19-12-8-5-9-13-19/h4-13,17,20-21,25H,14-16H2,1-3H3/q+1/t20-/m1/s1. The Morgan fingerprint density at radius 1 is 0.960 bits per heavy atom. The lowest BCUT2D eigenvalue weighted by Crippen LogP contribution is -2.45. The lowest BCUT2D eigenvalue weighted by atomic mass is 9.86. The third-order valence-electron chi connectivity index (χ3n) is 5.05. The number of aliphatic hydroxyl groups excluding tert-OH is 1. The van der Waals surface area contributed by atoms with Crippen LogP contribution in [-0.4, -0.2) is 46.7 Å². The summed E-state index contributed by atoms with van der Waals surface area (Å²) in [5, 5.41) is 9.90. The molecule has 3 rings (SSSR count). The van der Waals surface area contributed by atoms with Crippen LogP contribution in [-0.2, 0) is 0 Å². The van der Waals surface area contributed by atoms with E-state index in [-0.39, 0.29) is 24.1 Å². The minimum atomic E-state index is 0.0379. The predicted octanol–water partition coefficient (Wildman–Crippen LogP) is 3.54. The van der Waals surface area contributed by atoms with Crippen LogP contribution in [0.3, 0.4) is 0 Å². The van der Waals surface area contributed by atoms with Crippen molar-refractivity contribution in [3.8, 4) is 0 Å². The first-order chi connectivity index (χ1) is 12.0. The molecule has 0 bridgehead atoms. The summed E-state index contributed by atoms with van der Waals surface area (Å²) >= 11 is 0. The molecular weight excluding hydrogens is 308 g/mol. The average molecular weight is 337 g/mol. The minimum absolute atomic E-state index is 0.0379. The molecule has 0 aliphatic carbocycles. The largest absolute Gasteiger partial charge is 0.392 e. The van der Waals surface area contributed by atoms with E-state index in [4.69, 9.17) is 0 Å². The van der Waals surface area contributed by atoms with Gasteiger partial charge in [0, 0.05) is 16.5 Å². The van der Waals surface area contributed by atoms with Crippen molar-refractivity contribution in [3.05, 3.63) is 71.8 Å². The molecule has 2 aromatic carbocycles. The van der Waals surface area contributed by atoms with Crippen molar-refractivity contribution in [2.24, 2.45) is 5.41 Å². The topological polar surface area (TPSA) is 26.5 Å². The highest BCUT2D eigenvalue weighted by molar-refractivity contribution is 5.52. The maximum atomic E-state index is 9.90. The first kappa shape index (κ1) is 17.7. The lowest BCUT2D eigenvalue weighted by Gasteiger charge is -2.30. The first-order valence-corrected chi connectivity index (χ1v) is 9.08. The highest BCUT2D eigenvalue weighted by Crippen LogP contribution is 2.29. The molecule has 0 aromatic heterocycles. The zero-order valence-electron chi connectivity index (χ0n) is 15.5. The van der Waals surface area contributed by atoms with E-state index < -0.39 is 0 Å². The fourth-order valence-corrected chi connectivity index (χ4v) is 3.69. The van der Waals surface area contributed by atoms with Crippen LogP contribution in [0.15, 0.2) is 60.7 Å². The van der Waals surface area contributed by atoms with Gasteiger partial charge in [-0.2, -0.15) is 0 Å². The number of hydrogen-bond acceptors (Lipinski definition) is 2. The Morgan fingerprint density at radius 3 is 1.92 bits per heavy atom. The quantitative estimate of drug-likeness (QED) is 0.845. The Balaban J connectivity index is 1.96. The highest BCUT2D eigenvalue weighted by atomic mass is 16.3. The van der Waals surface area contributed by atoms with E-state index in [2.05, 4.69) is 97.2 Å². The maximum Gasteiger partial charge on any atom is 0.235 e. The SMILES string of the molecule is CC(C)(C)[C@@H](CO)N1C=[N+](C(c2ccccc2)c2ccccc2)CC1. The zero-order valence-corrected chi connectivity index (χ0v) is 15.5. The molecule has 0 spiro atoms. The van der Waals surface area contributed by atoms with E-state index >= 15 is 0 Å². The molecule has 1 aliphatic heterocycles. The van der Waals surface area contributed by atoms with Crippen LogP contribution in [0, 0.1) is 5.41 Å². The Bertz CT molecular complexity index is 664. The summed E-state index contributed by atoms with van der Waals surface area (Å²) in [6, 6.07) is 21.6. The number of rotatable bonds is 5. The van der Waals surface area contributed by atoms with E-state index in [0.29, 0.717) is 0 Å². The van der Waals surface area contributed by atoms with E-state index in [1.807, 2.05) is 0 Å². The smallest absolute Gasteiger partial charge is 0.235 e. The molecule has 1 heterocycles. The summed E-state index contributed by atoms with van der Waals surface area (Å²) in [7, 11) is 0. The molecule has 0 amide bonds. The number of nitrogens with zero attached hydrogens (tertiary/aromatic N) is 2. The normalized spacial score (nSPS) is 16.2. The van der Waals surface area contributed by atoms with Gasteiger partial charge < -0.3 is 5.11 Å². The molecule has 1 atom stereocenters. The van der Waals surface area contributed by atoms with Gasteiger partial charge in [-0.1, -0.05) is 81.4 Å². The Kier molecular flexibility index (Phi) is 5.24. The van der Waals surface area contributed by atoms with Gasteiger partial charge in [-0.05, 0) is 0 Å². The van der Waals surface area contributed by atoms with Gasteiger partial charge >= 0.3 is 0 Å². The lowest BCUT2D eigenvalue weighted by molar-refractivity contribution is -0.549. The Morgan fingerprint density at radius 2 is 1.48 bits per heavy atom. The van der Waals surface area contributed by atoms with Crippen LogP contribution >= 0.6 is 0 Å². The van der Waals surface area contributed by atoms with Crippen LogP contribution in [0.25, 0.3) is 0 Å². The van der Waals surface area contributed by atoms with Crippen molar-refractivity contribution in [3.63, 3.8) is 0 Å². The molecule has 3 nitrogen and oxygen atoms in total. The van der Waals surface area contributed by atoms with Crippen LogP contribution < -0.4 is 0 Å². The molecule has 0 unspecified atom stereocenters. The van der Waals surface area contributed by atoms with Crippen molar-refractivity contribution in [2.75, 3.05) is 19.7 Å². The molecule has 0 saturated carbocycles. The van der Waals surface area contributed by atoms with Crippen LogP contribution in [0.4, 0.5) is 0 Å². The van der Waals surface area contributed by atoms with Crippen molar-refractivity contribution >= 4 is 6.34 Å². The van der Waals surface area contributed by atoms with Crippen LogP contribution in [0.5, 0.6) is 0 Å². The summed E-state index contributed by atoms with van der Waals surface area (Å²) in [4.78, 5) is 2.30. The third-order valence-corrected chi connectivity index (χ3v) is 5.05. The van der Waals surface area contributed by atoms with Gasteiger partial charge in [0.25, 0.3) is 0 Å². The average Bonchev–Trinajstić information content (AvgIpc) is 3.05. The van der Waals surface area contributed by atoms with E-state index in [0.717, 1.165) is 13.1 Å². The highest BCUT2D eigenvalue weighted by Gasteiger charge is 2.38. The molecule has 2 aromatic rings. The van der Waals surface area contributed by atoms with Crippen molar-refractivity contribution in [1.82, 2.24) is 4.90 Å². The van der Waals surface area contributed by atoms with Gasteiger partial charge in [-0.25, -0.2) is 0 Å². The zero-order chi connectivity index (χ0) is 17.9. The third kappa shape index (κ3) is 3.93. The van der Waals surface area contributed by atoms with Gasteiger partial charge in [0.1, 0.15) is 25.2 Å². The van der Waals surface area contributed by atoms with Crippen molar-refractivity contribution in [1.29, 1.82) is 0 Å². The fourth-order valence-electron chi connectivity index (χ4n) is 3.69. The summed E-state index contributed by atoms with van der Waals surface area (Å²) in [5.41, 5.74) is 2.63. The molecule has 0 radical (unpaired) electrons. The van der Waals surface area contributed by atoms with Gasteiger partial charge in [-0.3, -0.25) is 9.48 Å². The van der Waals surface area contributed by atoms with Gasteiger partial charge in [0.2, 0.25) is 6.34 Å². The fraction of sp³-hybridized carbons (Fsp3) is 0.409. The maximum absolute atomic E-state index is 9.90. The van der Waals surface area contributed by atoms with Gasteiger partial charge in [0.05, 0.1) is 6.61 Å². The number of aliphatic hydroxyl groups is 1. The van der Waals surface area contributed by atoms with Crippen LogP contribution in [0.1, 0.15) is 37.9 Å². The molecule has 1 aliphatic rings. The van der Waals surface area contributed by atoms with Gasteiger partial charge in [-0.15, -0.1) is 0 Å². The molecule has 25 heavy (non-hydrogen) atoms. The van der Waals surface area contributed by atoms with Gasteiger partial charge in [0.15, 0.2) is 0 Å². The first-order valence-electron chi connectivity index (χ1n) is 9.08. The summed E-state index contributed by atoms with van der Waals surface area (Å²) in [6.07, 6.45) is 2.22. The second-order valence-corrected chi connectivity index (χ2v) is 7.88.